The lowest BCUT2D eigenvalue weighted by Crippen LogP contribution is -2.17. The van der Waals surface area contributed by atoms with Gasteiger partial charge in [0.1, 0.15) is 0 Å². The van der Waals surface area contributed by atoms with Crippen LogP contribution in [0.4, 0.5) is 0 Å². The number of ether oxygens (including phenoxy) is 1. The predicted molar refractivity (Wildman–Crippen MR) is 58.9 cm³/mol. The van der Waals surface area contributed by atoms with Crippen LogP contribution < -0.4 is 0 Å². The molecule has 0 heterocycles. The first-order valence-corrected chi connectivity index (χ1v) is 5.33. The van der Waals surface area contributed by atoms with Crippen LogP contribution in [-0.2, 0) is 4.74 Å². The third-order valence-corrected chi connectivity index (χ3v) is 2.65. The van der Waals surface area contributed by atoms with Crippen LogP contribution in [0.25, 0.3) is 0 Å². The molecule has 0 fully saturated rings. The number of rotatable bonds is 7. The molecule has 0 aliphatic rings. The van der Waals surface area contributed by atoms with Crippen LogP contribution >= 0.6 is 0 Å². The van der Waals surface area contributed by atoms with Crippen molar-refractivity contribution in [2.75, 3.05) is 13.7 Å². The van der Waals surface area contributed by atoms with Crippen LogP contribution in [0.5, 0.6) is 0 Å². The Bertz CT molecular complexity index is 140. The summed E-state index contributed by atoms with van der Waals surface area (Å²) in [6, 6.07) is 0. The molecule has 0 saturated carbocycles. The Balaban J connectivity index is 4.06. The van der Waals surface area contributed by atoms with Crippen LogP contribution in [-0.4, -0.2) is 13.7 Å². The Labute approximate surface area is 83.2 Å². The summed E-state index contributed by atoms with van der Waals surface area (Å²) in [4.78, 5) is 0. The number of allylic oxidation sites excluding steroid dienone is 1. The van der Waals surface area contributed by atoms with Crippen molar-refractivity contribution in [1.29, 1.82) is 0 Å². The summed E-state index contributed by atoms with van der Waals surface area (Å²) in [6.07, 6.45) is 3.55. The maximum atomic E-state index is 5.17. The van der Waals surface area contributed by atoms with E-state index in [1.54, 1.807) is 7.11 Å². The third kappa shape index (κ3) is 4.47. The quantitative estimate of drug-likeness (QED) is 0.549. The van der Waals surface area contributed by atoms with E-state index in [1.165, 1.54) is 18.4 Å². The Hall–Kier alpha value is -0.300. The van der Waals surface area contributed by atoms with Gasteiger partial charge in [0.25, 0.3) is 0 Å². The average Bonchev–Trinajstić information content (AvgIpc) is 2.06. The third-order valence-electron chi connectivity index (χ3n) is 2.65. The molecule has 0 aliphatic heterocycles. The molecule has 2 unspecified atom stereocenters. The molecule has 0 bridgehead atoms. The maximum Gasteiger partial charge on any atom is 0.0493 e. The van der Waals surface area contributed by atoms with Gasteiger partial charge in [-0.3, -0.25) is 0 Å². The molecular formula is C12H24O. The van der Waals surface area contributed by atoms with Gasteiger partial charge in [-0.25, -0.2) is 0 Å². The molecule has 1 heteroatoms. The van der Waals surface area contributed by atoms with E-state index in [2.05, 4.69) is 27.4 Å². The second-order valence-corrected chi connectivity index (χ2v) is 3.86. The standard InChI is InChI=1S/C12H24O/c1-6-8-10(3)12(7-2)11(4)9-13-5/h11-12H,3,6-9H2,1-2,4-5H3. The second kappa shape index (κ2) is 7.14. The van der Waals surface area contributed by atoms with Gasteiger partial charge in [-0.15, -0.1) is 0 Å². The average molecular weight is 184 g/mol. The minimum atomic E-state index is 0.606. The first kappa shape index (κ1) is 12.7. The summed E-state index contributed by atoms with van der Waals surface area (Å²) in [5.41, 5.74) is 1.40. The Morgan fingerprint density at radius 1 is 1.38 bits per heavy atom. The maximum absolute atomic E-state index is 5.17. The zero-order valence-corrected chi connectivity index (χ0v) is 9.60. The van der Waals surface area contributed by atoms with E-state index >= 15 is 0 Å². The molecule has 0 aromatic heterocycles. The van der Waals surface area contributed by atoms with Gasteiger partial charge < -0.3 is 4.74 Å². The van der Waals surface area contributed by atoms with Gasteiger partial charge in [0, 0.05) is 13.7 Å². The monoisotopic (exact) mass is 184 g/mol. The van der Waals surface area contributed by atoms with Crippen molar-refractivity contribution < 1.29 is 4.74 Å². The summed E-state index contributed by atoms with van der Waals surface area (Å²) >= 11 is 0. The molecule has 13 heavy (non-hydrogen) atoms. The predicted octanol–water partition coefficient (Wildman–Crippen LogP) is 3.65. The van der Waals surface area contributed by atoms with Crippen molar-refractivity contribution in [1.82, 2.24) is 0 Å². The first-order valence-electron chi connectivity index (χ1n) is 5.33. The van der Waals surface area contributed by atoms with Gasteiger partial charge in [0.05, 0.1) is 0 Å². The molecule has 78 valence electrons. The van der Waals surface area contributed by atoms with E-state index < -0.39 is 0 Å². The second-order valence-electron chi connectivity index (χ2n) is 3.86. The van der Waals surface area contributed by atoms with Crippen molar-refractivity contribution in [3.05, 3.63) is 12.2 Å². The molecule has 1 nitrogen and oxygen atoms in total. The molecule has 0 aromatic carbocycles. The number of hydrogen-bond acceptors (Lipinski definition) is 1. The van der Waals surface area contributed by atoms with Crippen LogP contribution in [0.3, 0.4) is 0 Å². The van der Waals surface area contributed by atoms with Crippen LogP contribution in [0.1, 0.15) is 40.0 Å². The summed E-state index contributed by atoms with van der Waals surface area (Å²) in [5.74, 6) is 1.24. The summed E-state index contributed by atoms with van der Waals surface area (Å²) in [7, 11) is 1.77. The molecule has 0 aliphatic carbocycles. The Kier molecular flexibility index (Phi) is 6.97. The Morgan fingerprint density at radius 3 is 2.38 bits per heavy atom. The summed E-state index contributed by atoms with van der Waals surface area (Å²) in [6.45, 7) is 11.7. The highest BCUT2D eigenvalue weighted by atomic mass is 16.5. The van der Waals surface area contributed by atoms with E-state index in [-0.39, 0.29) is 0 Å². The van der Waals surface area contributed by atoms with Crippen molar-refractivity contribution in [3.8, 4) is 0 Å². The molecule has 0 spiro atoms. The van der Waals surface area contributed by atoms with E-state index in [1.807, 2.05) is 0 Å². The van der Waals surface area contributed by atoms with E-state index in [0.29, 0.717) is 11.8 Å². The molecule has 0 amide bonds. The smallest absolute Gasteiger partial charge is 0.0493 e. The topological polar surface area (TPSA) is 9.23 Å². The molecule has 0 aromatic rings. The fraction of sp³-hybridized carbons (Fsp3) is 0.833. The zero-order chi connectivity index (χ0) is 10.3. The van der Waals surface area contributed by atoms with Crippen molar-refractivity contribution in [2.24, 2.45) is 11.8 Å². The molecule has 0 N–H and O–H groups in total. The van der Waals surface area contributed by atoms with Crippen LogP contribution in [0.2, 0.25) is 0 Å². The highest BCUT2D eigenvalue weighted by Gasteiger charge is 2.17. The fourth-order valence-corrected chi connectivity index (χ4v) is 1.98. The minimum Gasteiger partial charge on any atom is -0.384 e. The normalized spacial score (nSPS) is 15.4. The number of hydrogen-bond donors (Lipinski definition) is 0. The Morgan fingerprint density at radius 2 is 2.00 bits per heavy atom. The lowest BCUT2D eigenvalue weighted by molar-refractivity contribution is 0.136. The largest absolute Gasteiger partial charge is 0.384 e. The van der Waals surface area contributed by atoms with E-state index in [4.69, 9.17) is 4.74 Å². The van der Waals surface area contributed by atoms with Crippen molar-refractivity contribution in [3.63, 3.8) is 0 Å². The first-order chi connectivity index (χ1) is 6.17. The van der Waals surface area contributed by atoms with E-state index in [0.717, 1.165) is 13.0 Å². The zero-order valence-electron chi connectivity index (χ0n) is 9.60. The molecule has 0 rings (SSSR count). The fourth-order valence-electron chi connectivity index (χ4n) is 1.98. The van der Waals surface area contributed by atoms with Gasteiger partial charge in [-0.05, 0) is 24.7 Å². The van der Waals surface area contributed by atoms with Gasteiger partial charge in [-0.1, -0.05) is 39.3 Å². The number of methoxy groups -OCH3 is 1. The van der Waals surface area contributed by atoms with Crippen molar-refractivity contribution in [2.45, 2.75) is 40.0 Å². The molecule has 0 saturated heterocycles. The van der Waals surface area contributed by atoms with Crippen LogP contribution in [0.15, 0.2) is 12.2 Å². The van der Waals surface area contributed by atoms with E-state index in [9.17, 15) is 0 Å². The lowest BCUT2D eigenvalue weighted by atomic mass is 9.84. The SMILES string of the molecule is C=C(CCC)C(CC)C(C)COC. The van der Waals surface area contributed by atoms with Gasteiger partial charge in [0.2, 0.25) is 0 Å². The lowest BCUT2D eigenvalue weighted by Gasteiger charge is -2.24. The molecule has 2 atom stereocenters. The highest BCUT2D eigenvalue weighted by Crippen LogP contribution is 2.26. The summed E-state index contributed by atoms with van der Waals surface area (Å²) < 4.78 is 5.17. The molecule has 0 radical (unpaired) electrons. The van der Waals surface area contributed by atoms with Crippen LogP contribution in [0, 0.1) is 11.8 Å². The highest BCUT2D eigenvalue weighted by molar-refractivity contribution is 5.01. The summed E-state index contributed by atoms with van der Waals surface area (Å²) in [5, 5.41) is 0. The van der Waals surface area contributed by atoms with Gasteiger partial charge in [-0.2, -0.15) is 0 Å². The van der Waals surface area contributed by atoms with Gasteiger partial charge in [0.15, 0.2) is 0 Å². The van der Waals surface area contributed by atoms with Crippen molar-refractivity contribution >= 4 is 0 Å². The molecular weight excluding hydrogens is 160 g/mol. The van der Waals surface area contributed by atoms with Gasteiger partial charge >= 0.3 is 0 Å². The minimum absolute atomic E-state index is 0.606.